The van der Waals surface area contributed by atoms with E-state index in [1.807, 2.05) is 0 Å². The minimum Gasteiger partial charge on any atom is -0.462 e. The number of carbonyl (C=O) groups is 4. The number of phosphoric acid groups is 2. The van der Waals surface area contributed by atoms with Crippen molar-refractivity contribution in [1.82, 2.24) is 0 Å². The van der Waals surface area contributed by atoms with Gasteiger partial charge in [0.2, 0.25) is 0 Å². The van der Waals surface area contributed by atoms with Crippen LogP contribution in [0.3, 0.4) is 0 Å². The molecule has 0 amide bonds. The molecule has 0 heterocycles. The van der Waals surface area contributed by atoms with Crippen molar-refractivity contribution in [2.75, 3.05) is 39.6 Å². The third-order valence-corrected chi connectivity index (χ3v) is 19.5. The molecule has 0 radical (unpaired) electrons. The van der Waals surface area contributed by atoms with Gasteiger partial charge in [0.05, 0.1) is 26.4 Å². The molecular formula is C76H148O17P2. The Morgan fingerprint density at radius 3 is 0.716 bits per heavy atom. The van der Waals surface area contributed by atoms with Crippen LogP contribution in [0, 0.1) is 17.8 Å². The summed E-state index contributed by atoms with van der Waals surface area (Å²) >= 11 is 0. The summed E-state index contributed by atoms with van der Waals surface area (Å²) < 4.78 is 68.5. The molecule has 95 heavy (non-hydrogen) atoms. The second-order valence-electron chi connectivity index (χ2n) is 28.8. The fraction of sp³-hybridized carbons (Fsp3) is 0.947. The summed E-state index contributed by atoms with van der Waals surface area (Å²) in [7, 11) is -9.91. The smallest absolute Gasteiger partial charge is 0.462 e. The fourth-order valence-electron chi connectivity index (χ4n) is 11.6. The summed E-state index contributed by atoms with van der Waals surface area (Å²) in [5.41, 5.74) is 0. The van der Waals surface area contributed by atoms with E-state index in [1.54, 1.807) is 0 Å². The average molecular weight is 1400 g/mol. The largest absolute Gasteiger partial charge is 0.472 e. The van der Waals surface area contributed by atoms with Gasteiger partial charge in [-0.2, -0.15) is 0 Å². The summed E-state index contributed by atoms with van der Waals surface area (Å²) in [4.78, 5) is 72.8. The van der Waals surface area contributed by atoms with Crippen molar-refractivity contribution in [3.05, 3.63) is 0 Å². The zero-order valence-corrected chi connectivity index (χ0v) is 63.9. The number of phosphoric ester groups is 2. The van der Waals surface area contributed by atoms with Crippen molar-refractivity contribution in [3.63, 3.8) is 0 Å². The number of hydrogen-bond donors (Lipinski definition) is 3. The van der Waals surface area contributed by atoms with E-state index in [9.17, 15) is 43.2 Å². The predicted octanol–water partition coefficient (Wildman–Crippen LogP) is 22.2. The first-order valence-corrected chi connectivity index (χ1v) is 42.3. The van der Waals surface area contributed by atoms with Gasteiger partial charge in [-0.25, -0.2) is 9.13 Å². The summed E-state index contributed by atoms with van der Waals surface area (Å²) in [6, 6.07) is 0. The van der Waals surface area contributed by atoms with Crippen LogP contribution in [0.1, 0.15) is 389 Å². The number of aliphatic hydroxyl groups is 1. The molecule has 0 spiro atoms. The van der Waals surface area contributed by atoms with Gasteiger partial charge < -0.3 is 33.8 Å². The minimum atomic E-state index is -4.96. The monoisotopic (exact) mass is 1400 g/mol. The van der Waals surface area contributed by atoms with E-state index in [4.69, 9.17) is 37.0 Å². The average Bonchev–Trinajstić information content (AvgIpc) is 2.45. The lowest BCUT2D eigenvalue weighted by atomic mass is 10.0. The van der Waals surface area contributed by atoms with Crippen LogP contribution < -0.4 is 0 Å². The van der Waals surface area contributed by atoms with Gasteiger partial charge in [0.25, 0.3) is 0 Å². The molecular weight excluding hydrogens is 1250 g/mol. The molecule has 2 unspecified atom stereocenters. The van der Waals surface area contributed by atoms with Gasteiger partial charge in [0.1, 0.15) is 19.3 Å². The SMILES string of the molecule is CCCCCCCCCCCCCCCCCC(=O)OC[C@H](COP(=O)(O)OC[C@@H](O)COP(=O)(O)OC[C@@H](COC(=O)CCCCCCCCCC(C)C)OC(=O)CCCCCCCCCCC(C)C)OC(=O)CCCCCCCCCCCCCCCCCCC(C)C. The quantitative estimate of drug-likeness (QED) is 0.0222. The maximum Gasteiger partial charge on any atom is 0.472 e. The highest BCUT2D eigenvalue weighted by atomic mass is 31.2. The molecule has 0 aliphatic heterocycles. The summed E-state index contributed by atoms with van der Waals surface area (Å²) in [5.74, 6) is 0.113. The van der Waals surface area contributed by atoms with Gasteiger partial charge in [0, 0.05) is 25.7 Å². The fourth-order valence-corrected chi connectivity index (χ4v) is 13.2. The Balaban J connectivity index is 5.23. The number of carbonyl (C=O) groups excluding carboxylic acids is 4. The molecule has 3 N–H and O–H groups in total. The van der Waals surface area contributed by atoms with Crippen molar-refractivity contribution < 1.29 is 80.2 Å². The third-order valence-electron chi connectivity index (χ3n) is 17.6. The van der Waals surface area contributed by atoms with E-state index in [2.05, 4.69) is 48.5 Å². The maximum atomic E-state index is 13.1. The highest BCUT2D eigenvalue weighted by Gasteiger charge is 2.30. The molecule has 0 aliphatic rings. The van der Waals surface area contributed by atoms with E-state index in [0.717, 1.165) is 108 Å². The summed E-state index contributed by atoms with van der Waals surface area (Å²) in [6.07, 6.45) is 52.9. The normalized spacial score (nSPS) is 14.1. The number of ether oxygens (including phenoxy) is 4. The van der Waals surface area contributed by atoms with Crippen LogP contribution in [0.5, 0.6) is 0 Å². The molecule has 564 valence electrons. The minimum absolute atomic E-state index is 0.104. The van der Waals surface area contributed by atoms with Crippen LogP contribution in [-0.2, 0) is 65.4 Å². The van der Waals surface area contributed by atoms with Crippen LogP contribution in [0.15, 0.2) is 0 Å². The van der Waals surface area contributed by atoms with Gasteiger partial charge in [0.15, 0.2) is 12.2 Å². The molecule has 0 saturated carbocycles. The Hall–Kier alpha value is -1.94. The Labute approximate surface area is 581 Å². The van der Waals surface area contributed by atoms with Crippen molar-refractivity contribution in [3.8, 4) is 0 Å². The van der Waals surface area contributed by atoms with Crippen LogP contribution >= 0.6 is 15.6 Å². The maximum absolute atomic E-state index is 13.1. The lowest BCUT2D eigenvalue weighted by Gasteiger charge is -2.21. The molecule has 0 aliphatic carbocycles. The predicted molar refractivity (Wildman–Crippen MR) is 386 cm³/mol. The first-order chi connectivity index (χ1) is 45.7. The van der Waals surface area contributed by atoms with Crippen molar-refractivity contribution >= 4 is 39.5 Å². The zero-order valence-electron chi connectivity index (χ0n) is 62.1. The number of unbranched alkanes of at least 4 members (excludes halogenated alkanes) is 42. The second kappa shape index (κ2) is 66.6. The Bertz CT molecular complexity index is 1850. The van der Waals surface area contributed by atoms with Gasteiger partial charge in [-0.15, -0.1) is 0 Å². The standard InChI is InChI=1S/C76H148O17P2/c1-8-9-10-11-12-13-14-15-18-22-25-28-36-43-50-57-73(78)86-63-71(92-75(80)59-52-45-37-29-26-23-20-17-16-19-21-24-27-33-40-47-54-67(2)3)65-90-94(82,83)88-61-70(77)62-89-95(84,85)91-66-72(64-87-74(79)58-51-44-39-32-35-42-49-56-69(6)7)93-76(81)60-53-46-38-31-30-34-41-48-55-68(4)5/h67-72,77H,8-66H2,1-7H3,(H,82,83)(H,84,85)/t70-,71-,72-/m1/s1. The molecule has 0 saturated heterocycles. The highest BCUT2D eigenvalue weighted by molar-refractivity contribution is 7.47. The number of hydrogen-bond acceptors (Lipinski definition) is 15. The number of esters is 4. The highest BCUT2D eigenvalue weighted by Crippen LogP contribution is 2.45. The molecule has 17 nitrogen and oxygen atoms in total. The molecule has 0 aromatic rings. The van der Waals surface area contributed by atoms with Crippen LogP contribution in [0.4, 0.5) is 0 Å². The second-order valence-corrected chi connectivity index (χ2v) is 31.7. The van der Waals surface area contributed by atoms with E-state index in [0.29, 0.717) is 31.6 Å². The van der Waals surface area contributed by atoms with Crippen LogP contribution in [0.2, 0.25) is 0 Å². The van der Waals surface area contributed by atoms with Crippen molar-refractivity contribution in [1.29, 1.82) is 0 Å². The van der Waals surface area contributed by atoms with Gasteiger partial charge in [-0.1, -0.05) is 337 Å². The molecule has 0 bridgehead atoms. The first-order valence-electron chi connectivity index (χ1n) is 39.3. The Morgan fingerprint density at radius 1 is 0.284 bits per heavy atom. The molecule has 0 fully saturated rings. The lowest BCUT2D eigenvalue weighted by Crippen LogP contribution is -2.30. The molecule has 0 aromatic heterocycles. The van der Waals surface area contributed by atoms with Gasteiger partial charge in [-0.05, 0) is 43.4 Å². The zero-order chi connectivity index (χ0) is 70.1. The molecule has 0 rings (SSSR count). The van der Waals surface area contributed by atoms with E-state index in [-0.39, 0.29) is 25.7 Å². The number of aliphatic hydroxyl groups excluding tert-OH is 1. The van der Waals surface area contributed by atoms with Crippen molar-refractivity contribution in [2.45, 2.75) is 407 Å². The van der Waals surface area contributed by atoms with Gasteiger partial charge >= 0.3 is 39.5 Å². The van der Waals surface area contributed by atoms with Gasteiger partial charge in [-0.3, -0.25) is 37.3 Å². The van der Waals surface area contributed by atoms with Crippen LogP contribution in [0.25, 0.3) is 0 Å². The summed E-state index contributed by atoms with van der Waals surface area (Å²) in [6.45, 7) is 11.8. The molecule has 5 atom stereocenters. The van der Waals surface area contributed by atoms with Crippen molar-refractivity contribution in [2.24, 2.45) is 17.8 Å². The Morgan fingerprint density at radius 2 is 0.484 bits per heavy atom. The summed E-state index contributed by atoms with van der Waals surface area (Å²) in [5, 5.41) is 10.6. The van der Waals surface area contributed by atoms with Crippen LogP contribution in [-0.4, -0.2) is 96.7 Å². The first kappa shape index (κ1) is 93.1. The Kier molecular flexibility index (Phi) is 65.2. The topological polar surface area (TPSA) is 237 Å². The van der Waals surface area contributed by atoms with E-state index in [1.165, 1.54) is 193 Å². The molecule has 19 heteroatoms. The number of rotatable bonds is 74. The lowest BCUT2D eigenvalue weighted by molar-refractivity contribution is -0.161. The van der Waals surface area contributed by atoms with E-state index >= 15 is 0 Å². The molecule has 0 aromatic carbocycles. The third kappa shape index (κ3) is 70.3. The van der Waals surface area contributed by atoms with E-state index < -0.39 is 97.5 Å².